The van der Waals surface area contributed by atoms with Crippen molar-refractivity contribution >= 4 is 5.91 Å². The number of ether oxygens (including phenoxy) is 4. The maximum atomic E-state index is 12.9. The van der Waals surface area contributed by atoms with E-state index in [0.29, 0.717) is 42.7 Å². The van der Waals surface area contributed by atoms with Gasteiger partial charge in [0, 0.05) is 52.8 Å². The topological polar surface area (TPSA) is 69.3 Å². The first kappa shape index (κ1) is 21.9. The van der Waals surface area contributed by atoms with Gasteiger partial charge in [-0.15, -0.1) is 0 Å². The number of fused-ring (bicyclic) bond motifs is 1. The van der Waals surface area contributed by atoms with Gasteiger partial charge in [-0.3, -0.25) is 4.79 Å². The zero-order valence-electron chi connectivity index (χ0n) is 17.9. The lowest BCUT2D eigenvalue weighted by atomic mass is 9.93. The van der Waals surface area contributed by atoms with Gasteiger partial charge in [0.1, 0.15) is 0 Å². The number of methoxy groups -OCH3 is 2. The van der Waals surface area contributed by atoms with Gasteiger partial charge in [0.2, 0.25) is 0 Å². The Balaban J connectivity index is 1.59. The number of nitrogens with zero attached hydrogens (tertiary/aromatic N) is 1. The highest BCUT2D eigenvalue weighted by Crippen LogP contribution is 2.34. The van der Waals surface area contributed by atoms with Gasteiger partial charge in [-0.1, -0.05) is 0 Å². The van der Waals surface area contributed by atoms with E-state index in [2.05, 4.69) is 10.2 Å². The number of amides is 1. The minimum absolute atomic E-state index is 0.112. The summed E-state index contributed by atoms with van der Waals surface area (Å²) in [7, 11) is 3.49. The summed E-state index contributed by atoms with van der Waals surface area (Å²) in [6.45, 7) is 7.41. The van der Waals surface area contributed by atoms with Gasteiger partial charge >= 0.3 is 0 Å². The lowest BCUT2D eigenvalue weighted by Gasteiger charge is -2.37. The summed E-state index contributed by atoms with van der Waals surface area (Å²) >= 11 is 0. The fourth-order valence-electron chi connectivity index (χ4n) is 4.06. The van der Waals surface area contributed by atoms with Crippen LogP contribution in [0.25, 0.3) is 0 Å². The maximum Gasteiger partial charge on any atom is 0.255 e. The molecule has 0 radical (unpaired) electrons. The van der Waals surface area contributed by atoms with Gasteiger partial charge in [-0.2, -0.15) is 0 Å². The third-order valence-corrected chi connectivity index (χ3v) is 5.67. The van der Waals surface area contributed by atoms with Gasteiger partial charge < -0.3 is 29.2 Å². The van der Waals surface area contributed by atoms with Crippen LogP contribution in [-0.4, -0.2) is 77.1 Å². The number of benzene rings is 1. The number of likely N-dealkylation sites (tertiary alicyclic amines) is 1. The van der Waals surface area contributed by atoms with E-state index in [1.807, 2.05) is 19.1 Å². The van der Waals surface area contributed by atoms with Crippen LogP contribution in [0.15, 0.2) is 12.1 Å². The Hall–Kier alpha value is -1.83. The van der Waals surface area contributed by atoms with Gasteiger partial charge in [-0.05, 0) is 44.0 Å². The first-order valence-electron chi connectivity index (χ1n) is 10.5. The molecule has 2 heterocycles. The van der Waals surface area contributed by atoms with Crippen LogP contribution in [0.2, 0.25) is 0 Å². The highest BCUT2D eigenvalue weighted by molar-refractivity contribution is 5.98. The Morgan fingerprint density at radius 3 is 2.90 bits per heavy atom. The Bertz CT molecular complexity index is 681. The minimum Gasteiger partial charge on any atom is -0.490 e. The third-order valence-electron chi connectivity index (χ3n) is 5.67. The highest BCUT2D eigenvalue weighted by Gasteiger charge is 2.30. The molecule has 1 N–H and O–H groups in total. The highest BCUT2D eigenvalue weighted by atomic mass is 16.5. The van der Waals surface area contributed by atoms with Crippen molar-refractivity contribution in [1.82, 2.24) is 10.2 Å². The number of nitrogens with one attached hydrogen (secondary N) is 1. The predicted octanol–water partition coefficient (Wildman–Crippen LogP) is 2.26. The Kier molecular flexibility index (Phi) is 8.15. The summed E-state index contributed by atoms with van der Waals surface area (Å²) in [5, 5.41) is 3.10. The minimum atomic E-state index is -0.118. The number of carbonyl (C=O) groups is 1. The van der Waals surface area contributed by atoms with Crippen molar-refractivity contribution in [2.45, 2.75) is 32.3 Å². The Morgan fingerprint density at radius 2 is 2.10 bits per heavy atom. The number of piperidine rings is 1. The molecule has 1 aromatic rings. The quantitative estimate of drug-likeness (QED) is 0.668. The zero-order valence-corrected chi connectivity index (χ0v) is 17.9. The van der Waals surface area contributed by atoms with Crippen LogP contribution in [0.5, 0.6) is 11.5 Å². The van der Waals surface area contributed by atoms with Gasteiger partial charge in [0.05, 0.1) is 24.9 Å². The summed E-state index contributed by atoms with van der Waals surface area (Å²) in [6.07, 6.45) is 2.94. The molecule has 2 atom stereocenters. The lowest BCUT2D eigenvalue weighted by Crippen LogP contribution is -2.48. The zero-order chi connectivity index (χ0) is 20.6. The van der Waals surface area contributed by atoms with Gasteiger partial charge in [0.15, 0.2) is 11.5 Å². The lowest BCUT2D eigenvalue weighted by molar-refractivity contribution is -0.0121. The largest absolute Gasteiger partial charge is 0.490 e. The van der Waals surface area contributed by atoms with Gasteiger partial charge in [-0.25, -0.2) is 0 Å². The van der Waals surface area contributed by atoms with E-state index in [1.54, 1.807) is 14.2 Å². The average molecular weight is 407 g/mol. The standard InChI is InChI=1S/C22H34N2O5/c1-16-12-18(21-19(13-16)28-10-5-11-29-21)22(25)23-14-17-6-8-24(7-4-9-26-2)15-20(17)27-3/h12-13,17,20H,4-11,14-15H2,1-3H3,(H,23,25)/t17-,20?/m0/s1. The molecule has 2 aliphatic rings. The van der Waals surface area contributed by atoms with Crippen molar-refractivity contribution in [1.29, 1.82) is 0 Å². The van der Waals surface area contributed by atoms with Crippen LogP contribution in [0, 0.1) is 12.8 Å². The summed E-state index contributed by atoms with van der Waals surface area (Å²) in [6, 6.07) is 3.80. The van der Waals surface area contributed by atoms with E-state index in [4.69, 9.17) is 18.9 Å². The smallest absolute Gasteiger partial charge is 0.255 e. The number of aryl methyl sites for hydroxylation is 1. The molecule has 29 heavy (non-hydrogen) atoms. The molecule has 1 saturated heterocycles. The van der Waals surface area contributed by atoms with E-state index in [9.17, 15) is 4.79 Å². The van der Waals surface area contributed by atoms with Crippen LogP contribution in [-0.2, 0) is 9.47 Å². The van der Waals surface area contributed by atoms with E-state index in [1.165, 1.54) is 0 Å². The first-order chi connectivity index (χ1) is 14.1. The van der Waals surface area contributed by atoms with Crippen LogP contribution < -0.4 is 14.8 Å². The Labute approximate surface area is 173 Å². The van der Waals surface area contributed by atoms with Crippen molar-refractivity contribution in [2.24, 2.45) is 5.92 Å². The number of carbonyl (C=O) groups excluding carboxylic acids is 1. The number of hydrogen-bond donors (Lipinski definition) is 1. The summed E-state index contributed by atoms with van der Waals surface area (Å²) < 4.78 is 22.5. The van der Waals surface area contributed by atoms with Crippen molar-refractivity contribution in [3.05, 3.63) is 23.3 Å². The third kappa shape index (κ3) is 5.84. The molecule has 1 unspecified atom stereocenters. The summed E-state index contributed by atoms with van der Waals surface area (Å²) in [4.78, 5) is 15.4. The Morgan fingerprint density at radius 1 is 1.28 bits per heavy atom. The van der Waals surface area contributed by atoms with E-state index < -0.39 is 0 Å². The normalized spacial score (nSPS) is 22.2. The van der Waals surface area contributed by atoms with Crippen LogP contribution >= 0.6 is 0 Å². The van der Waals surface area contributed by atoms with Crippen molar-refractivity contribution in [3.8, 4) is 11.5 Å². The fourth-order valence-corrected chi connectivity index (χ4v) is 4.06. The molecule has 2 aliphatic heterocycles. The molecule has 7 heteroatoms. The van der Waals surface area contributed by atoms with E-state index >= 15 is 0 Å². The predicted molar refractivity (Wildman–Crippen MR) is 111 cm³/mol. The molecule has 0 spiro atoms. The van der Waals surface area contributed by atoms with E-state index in [0.717, 1.165) is 51.1 Å². The fraction of sp³-hybridized carbons (Fsp3) is 0.682. The molecule has 162 valence electrons. The monoisotopic (exact) mass is 406 g/mol. The molecule has 0 saturated carbocycles. The molecule has 1 aromatic carbocycles. The van der Waals surface area contributed by atoms with E-state index in [-0.39, 0.29) is 12.0 Å². The molecule has 1 amide bonds. The molecule has 7 nitrogen and oxygen atoms in total. The molecule has 0 aliphatic carbocycles. The first-order valence-corrected chi connectivity index (χ1v) is 10.5. The van der Waals surface area contributed by atoms with Crippen molar-refractivity contribution in [2.75, 3.05) is 60.2 Å². The SMILES string of the molecule is COCCCN1CC[C@@H](CNC(=O)c2cc(C)cc3c2OCCCO3)C(OC)C1. The van der Waals surface area contributed by atoms with Crippen molar-refractivity contribution < 1.29 is 23.7 Å². The van der Waals surface area contributed by atoms with Crippen LogP contribution in [0.3, 0.4) is 0 Å². The number of rotatable bonds is 8. The second-order valence-electron chi connectivity index (χ2n) is 7.87. The second-order valence-corrected chi connectivity index (χ2v) is 7.87. The maximum absolute atomic E-state index is 12.9. The van der Waals surface area contributed by atoms with Crippen molar-refractivity contribution in [3.63, 3.8) is 0 Å². The summed E-state index contributed by atoms with van der Waals surface area (Å²) in [5.74, 6) is 1.39. The molecule has 1 fully saturated rings. The molecular formula is C22H34N2O5. The molecular weight excluding hydrogens is 372 g/mol. The van der Waals surface area contributed by atoms with Crippen LogP contribution in [0.4, 0.5) is 0 Å². The molecule has 0 bridgehead atoms. The van der Waals surface area contributed by atoms with Crippen LogP contribution in [0.1, 0.15) is 35.2 Å². The second kappa shape index (κ2) is 10.8. The number of hydrogen-bond acceptors (Lipinski definition) is 6. The molecule has 0 aromatic heterocycles. The average Bonchev–Trinajstić information content (AvgIpc) is 2.97. The summed E-state index contributed by atoms with van der Waals surface area (Å²) in [5.41, 5.74) is 1.53. The molecule has 3 rings (SSSR count). The van der Waals surface area contributed by atoms with Gasteiger partial charge in [0.25, 0.3) is 5.91 Å².